The maximum atomic E-state index is 13.5. The summed E-state index contributed by atoms with van der Waals surface area (Å²) in [6.45, 7) is 0.417. The molecule has 2 unspecified atom stereocenters. The van der Waals surface area contributed by atoms with E-state index in [1.807, 2.05) is 42.5 Å². The van der Waals surface area contributed by atoms with Crippen LogP contribution in [0, 0.1) is 0 Å². The third kappa shape index (κ3) is 3.73. The van der Waals surface area contributed by atoms with E-state index in [1.54, 1.807) is 18.6 Å². The molecule has 0 saturated carbocycles. The number of pyridine rings is 3. The van der Waals surface area contributed by atoms with Crippen molar-refractivity contribution in [2.75, 3.05) is 11.9 Å². The molecule has 0 radical (unpaired) electrons. The summed E-state index contributed by atoms with van der Waals surface area (Å²) < 4.78 is 6.35. The molecular weight excluding hydrogens is 476 g/mol. The van der Waals surface area contributed by atoms with Gasteiger partial charge in [0.2, 0.25) is 5.91 Å². The number of amides is 1. The zero-order chi connectivity index (χ0) is 25.7. The number of hydrogen-bond acceptors (Lipinski definition) is 6. The van der Waals surface area contributed by atoms with Gasteiger partial charge in [-0.2, -0.15) is 0 Å². The quantitative estimate of drug-likeness (QED) is 0.412. The Bertz CT molecular complexity index is 1570. The van der Waals surface area contributed by atoms with Crippen molar-refractivity contribution in [1.82, 2.24) is 15.0 Å². The molecule has 3 aliphatic rings. The Labute approximate surface area is 220 Å². The predicted molar refractivity (Wildman–Crippen MR) is 141 cm³/mol. The van der Waals surface area contributed by atoms with Crippen LogP contribution in [-0.4, -0.2) is 33.2 Å². The van der Waals surface area contributed by atoms with Crippen LogP contribution in [0.4, 0.5) is 5.82 Å². The molecule has 7 heteroatoms. The topological polar surface area (TPSA) is 94.1 Å². The average Bonchev–Trinajstić information content (AvgIpc) is 3.40. The lowest BCUT2D eigenvalue weighted by Crippen LogP contribution is -2.35. The van der Waals surface area contributed by atoms with Crippen LogP contribution in [0.25, 0.3) is 0 Å². The van der Waals surface area contributed by atoms with E-state index in [2.05, 4.69) is 38.5 Å². The van der Waals surface area contributed by atoms with E-state index >= 15 is 0 Å². The maximum Gasteiger partial charge on any atom is 0.237 e. The lowest BCUT2D eigenvalue weighted by atomic mass is 9.80. The Balaban J connectivity index is 1.13. The van der Waals surface area contributed by atoms with Gasteiger partial charge in [-0.3, -0.25) is 19.6 Å². The van der Waals surface area contributed by atoms with Gasteiger partial charge in [-0.25, -0.2) is 4.98 Å². The molecule has 5 heterocycles. The van der Waals surface area contributed by atoms with Gasteiger partial charge in [-0.05, 0) is 41.3 Å². The highest BCUT2D eigenvalue weighted by Gasteiger charge is 2.51. The van der Waals surface area contributed by atoms with E-state index in [4.69, 9.17) is 4.74 Å². The SMILES string of the molecule is O=C(CC1COC(c2ccccc2)Cc2cccnc21)c1cnc2c(c1)C[C@@]1(C2)C(=O)Nc2ncccc21. The molecule has 1 amide bonds. The molecular formula is C31H26N4O3. The Hall–Kier alpha value is -4.23. The van der Waals surface area contributed by atoms with Crippen molar-refractivity contribution in [2.24, 2.45) is 0 Å². The van der Waals surface area contributed by atoms with E-state index in [1.165, 1.54) is 0 Å². The first-order chi connectivity index (χ1) is 18.6. The van der Waals surface area contributed by atoms with Gasteiger partial charge >= 0.3 is 0 Å². The lowest BCUT2D eigenvalue weighted by molar-refractivity contribution is -0.120. The normalized spacial score (nSPS) is 23.3. The maximum absolute atomic E-state index is 13.5. The number of anilines is 1. The van der Waals surface area contributed by atoms with E-state index in [0.717, 1.165) is 40.1 Å². The number of carbonyl (C=O) groups is 2. The Kier molecular flexibility index (Phi) is 5.40. The molecule has 2 aliphatic heterocycles. The number of benzene rings is 1. The number of fused-ring (bicyclic) bond motifs is 4. The summed E-state index contributed by atoms with van der Waals surface area (Å²) in [6, 6.07) is 19.9. The minimum atomic E-state index is -0.703. The molecule has 0 saturated heterocycles. The largest absolute Gasteiger partial charge is 0.372 e. The zero-order valence-electron chi connectivity index (χ0n) is 20.8. The molecule has 1 aliphatic carbocycles. The van der Waals surface area contributed by atoms with Crippen molar-refractivity contribution in [1.29, 1.82) is 0 Å². The summed E-state index contributed by atoms with van der Waals surface area (Å²) >= 11 is 0. The third-order valence-electron chi connectivity index (χ3n) is 8.15. The fourth-order valence-corrected chi connectivity index (χ4v) is 6.21. The second kappa shape index (κ2) is 8.96. The van der Waals surface area contributed by atoms with Crippen LogP contribution in [0.2, 0.25) is 0 Å². The van der Waals surface area contributed by atoms with Crippen molar-refractivity contribution >= 4 is 17.5 Å². The highest BCUT2D eigenvalue weighted by Crippen LogP contribution is 2.46. The minimum absolute atomic E-state index is 0.00237. The molecule has 4 aromatic rings. The van der Waals surface area contributed by atoms with Crippen LogP contribution < -0.4 is 5.32 Å². The van der Waals surface area contributed by atoms with Crippen molar-refractivity contribution in [3.05, 3.63) is 118 Å². The number of hydrogen-bond donors (Lipinski definition) is 1. The molecule has 7 nitrogen and oxygen atoms in total. The van der Waals surface area contributed by atoms with Crippen molar-refractivity contribution < 1.29 is 14.3 Å². The number of ketones is 1. The van der Waals surface area contributed by atoms with Crippen LogP contribution in [0.1, 0.15) is 62.4 Å². The molecule has 1 N–H and O–H groups in total. The molecule has 0 fully saturated rings. The van der Waals surface area contributed by atoms with E-state index < -0.39 is 5.41 Å². The van der Waals surface area contributed by atoms with Crippen LogP contribution in [0.3, 0.4) is 0 Å². The summed E-state index contributed by atoms with van der Waals surface area (Å²) in [7, 11) is 0. The number of carbonyl (C=O) groups excluding carboxylic acids is 2. The second-order valence-corrected chi connectivity index (χ2v) is 10.4. The molecule has 38 heavy (non-hydrogen) atoms. The summed E-state index contributed by atoms with van der Waals surface area (Å²) in [5.74, 6) is 0.423. The summed E-state index contributed by atoms with van der Waals surface area (Å²) in [6.07, 6.45) is 7.07. The van der Waals surface area contributed by atoms with Gasteiger partial charge in [0.15, 0.2) is 5.78 Å². The number of nitrogens with zero attached hydrogens (tertiary/aromatic N) is 3. The van der Waals surface area contributed by atoms with Crippen molar-refractivity contribution in [2.45, 2.75) is 43.1 Å². The highest BCUT2D eigenvalue weighted by atomic mass is 16.5. The predicted octanol–water partition coefficient (Wildman–Crippen LogP) is 4.53. The molecule has 3 atom stereocenters. The molecule has 3 aromatic heterocycles. The van der Waals surface area contributed by atoms with E-state index in [9.17, 15) is 9.59 Å². The number of Topliss-reactive ketones (excluding diaryl/α,β-unsaturated/α-hetero) is 1. The molecule has 188 valence electrons. The molecule has 7 rings (SSSR count). The van der Waals surface area contributed by atoms with Gasteiger partial charge in [0.1, 0.15) is 5.82 Å². The Morgan fingerprint density at radius 2 is 1.82 bits per heavy atom. The summed E-state index contributed by atoms with van der Waals surface area (Å²) in [5, 5.41) is 2.92. The smallest absolute Gasteiger partial charge is 0.237 e. The number of rotatable bonds is 4. The lowest BCUT2D eigenvalue weighted by Gasteiger charge is -2.19. The van der Waals surface area contributed by atoms with Crippen molar-refractivity contribution in [3.63, 3.8) is 0 Å². The van der Waals surface area contributed by atoms with E-state index in [0.29, 0.717) is 30.8 Å². The van der Waals surface area contributed by atoms with Gasteiger partial charge in [-0.1, -0.05) is 42.5 Å². The molecule has 0 bridgehead atoms. The van der Waals surface area contributed by atoms with Crippen LogP contribution in [-0.2, 0) is 34.2 Å². The molecule has 1 aromatic carbocycles. The van der Waals surface area contributed by atoms with Gasteiger partial charge in [0, 0.05) is 66.3 Å². The first-order valence-corrected chi connectivity index (χ1v) is 13.0. The molecule has 1 spiro atoms. The second-order valence-electron chi connectivity index (χ2n) is 10.4. The van der Waals surface area contributed by atoms with Gasteiger partial charge in [0.25, 0.3) is 0 Å². The third-order valence-corrected chi connectivity index (χ3v) is 8.15. The zero-order valence-corrected chi connectivity index (χ0v) is 20.8. The minimum Gasteiger partial charge on any atom is -0.372 e. The average molecular weight is 503 g/mol. The van der Waals surface area contributed by atoms with Crippen LogP contribution >= 0.6 is 0 Å². The Morgan fingerprint density at radius 1 is 0.974 bits per heavy atom. The first-order valence-electron chi connectivity index (χ1n) is 13.0. The Morgan fingerprint density at radius 3 is 2.71 bits per heavy atom. The fraction of sp³-hybridized carbons (Fsp3) is 0.258. The summed E-state index contributed by atoms with van der Waals surface area (Å²) in [5.41, 5.74) is 5.74. The monoisotopic (exact) mass is 502 g/mol. The van der Waals surface area contributed by atoms with Crippen LogP contribution in [0.5, 0.6) is 0 Å². The number of aromatic nitrogens is 3. The van der Waals surface area contributed by atoms with Crippen molar-refractivity contribution in [3.8, 4) is 0 Å². The highest BCUT2D eigenvalue weighted by molar-refractivity contribution is 6.06. The summed E-state index contributed by atoms with van der Waals surface area (Å²) in [4.78, 5) is 40.2. The van der Waals surface area contributed by atoms with E-state index in [-0.39, 0.29) is 30.1 Å². The van der Waals surface area contributed by atoms with Gasteiger partial charge < -0.3 is 10.1 Å². The fourth-order valence-electron chi connectivity index (χ4n) is 6.21. The standard InChI is InChI=1S/C31H26N4O3/c36-26(13-23-18-38-27(19-6-2-1-3-7-19)14-20-8-4-10-32-28(20)23)22-12-21-15-31(16-25(21)34-17-22)24-9-5-11-33-29(24)35-30(31)37/h1-12,17,23,27H,13-16,18H2,(H,33,35,37)/t23?,27?,31-/m0/s1. The number of nitrogens with one attached hydrogen (secondary N) is 1. The van der Waals surface area contributed by atoms with Crippen LogP contribution in [0.15, 0.2) is 79.3 Å². The van der Waals surface area contributed by atoms with Gasteiger partial charge in [-0.15, -0.1) is 0 Å². The first kappa shape index (κ1) is 22.9. The van der Waals surface area contributed by atoms with Gasteiger partial charge in [0.05, 0.1) is 18.1 Å². The number of ether oxygens (including phenoxy) is 1.